The third-order valence-corrected chi connectivity index (χ3v) is 18.7. The molecule has 1 aromatic carbocycles. The standard InChI is InChI=1S/C19H22I2N2O4S/c1-12(20-8-15-10-28-11-22-15)21-6-2-3-13(9-21)18(25)23-14-4-5-16(19(26)27)17(24)7-14/h4-5,7-8,11,13,24H,2-3,6,9-10H2,1H3,(H,23,25)(H,26,27)/b15-8+. The molecule has 1 fully saturated rings. The van der Waals surface area contributed by atoms with Crippen LogP contribution in [0, 0.1) is 5.92 Å². The fourth-order valence-electron chi connectivity index (χ4n) is 2.86. The molecule has 1 aromatic rings. The van der Waals surface area contributed by atoms with E-state index >= 15 is 0 Å². The molecule has 2 aliphatic rings. The van der Waals surface area contributed by atoms with Gasteiger partial charge in [0.25, 0.3) is 0 Å². The fourth-order valence-corrected chi connectivity index (χ4v) is 16.1. The molecule has 0 saturated carbocycles. The average molecular weight is 628 g/mol. The van der Waals surface area contributed by atoms with Crippen molar-refractivity contribution in [1.82, 2.24) is 0 Å². The van der Waals surface area contributed by atoms with Crippen LogP contribution in [0.2, 0.25) is 0 Å². The molecule has 9 heteroatoms. The molecule has 1 unspecified atom stereocenters. The van der Waals surface area contributed by atoms with Crippen molar-refractivity contribution in [3.8, 4) is 5.75 Å². The van der Waals surface area contributed by atoms with Gasteiger partial charge in [0.2, 0.25) is 0 Å². The van der Waals surface area contributed by atoms with Crippen molar-refractivity contribution in [3.05, 3.63) is 33.5 Å². The predicted octanol–water partition coefficient (Wildman–Crippen LogP) is 4.68. The zero-order valence-corrected chi connectivity index (χ0v) is 20.5. The number of aromatic carboxylic acids is 1. The van der Waals surface area contributed by atoms with Gasteiger partial charge in [-0.05, 0) is 0 Å². The van der Waals surface area contributed by atoms with Crippen molar-refractivity contribution in [2.75, 3.05) is 19.9 Å². The van der Waals surface area contributed by atoms with Gasteiger partial charge in [-0.15, -0.1) is 0 Å². The first-order chi connectivity index (χ1) is 13.4. The number of halogens is 2. The van der Waals surface area contributed by atoms with Crippen LogP contribution in [-0.2, 0) is 4.79 Å². The average Bonchev–Trinajstić information content (AvgIpc) is 3.19. The number of phenols is 1. The van der Waals surface area contributed by atoms with Crippen molar-refractivity contribution in [2.45, 2.75) is 19.8 Å². The van der Waals surface area contributed by atoms with Crippen LogP contribution >= 0.6 is 52.3 Å². The Morgan fingerprint density at radius 2 is 2.25 bits per heavy atom. The SMILES string of the molecule is CC(=I/C=C1\CSC=N1)I1CCCC(C(=O)Nc2ccc(C(=O)O)c(O)c2)C1. The Hall–Kier alpha value is -0.950. The number of carboxylic acids is 1. The zero-order valence-electron chi connectivity index (χ0n) is 15.3. The number of aromatic hydroxyl groups is 1. The molecule has 1 atom stereocenters. The summed E-state index contributed by atoms with van der Waals surface area (Å²) in [5.41, 5.74) is 3.38. The van der Waals surface area contributed by atoms with E-state index in [2.05, 4.69) is 21.3 Å². The van der Waals surface area contributed by atoms with Gasteiger partial charge in [0.15, 0.2) is 0 Å². The number of hydrogen-bond donors (Lipinski definition) is 3. The van der Waals surface area contributed by atoms with Gasteiger partial charge in [-0.3, -0.25) is 0 Å². The molecular weight excluding hydrogens is 606 g/mol. The molecule has 1 saturated heterocycles. The van der Waals surface area contributed by atoms with Gasteiger partial charge in [0.1, 0.15) is 0 Å². The first kappa shape index (κ1) is 21.8. The Balaban J connectivity index is 1.62. The number of alkyl halides is 2. The first-order valence-corrected chi connectivity index (χ1v) is 16.2. The number of rotatable bonds is 5. The molecular formula is C19H22I2N2O4S. The maximum absolute atomic E-state index is 12.7. The summed E-state index contributed by atoms with van der Waals surface area (Å²) in [6.45, 7) is 2.28. The fraction of sp³-hybridized carbons (Fsp3) is 0.368. The second-order valence-corrected chi connectivity index (χ2v) is 18.3. The molecule has 1 amide bonds. The number of benzene rings is 1. The van der Waals surface area contributed by atoms with E-state index in [0.717, 1.165) is 23.0 Å². The predicted molar refractivity (Wildman–Crippen MR) is 134 cm³/mol. The van der Waals surface area contributed by atoms with Crippen LogP contribution in [0.15, 0.2) is 33.0 Å². The number of nitrogens with zero attached hydrogens (tertiary/aromatic N) is 1. The summed E-state index contributed by atoms with van der Waals surface area (Å²) in [6, 6.07) is 4.14. The van der Waals surface area contributed by atoms with Crippen LogP contribution in [0.5, 0.6) is 5.75 Å². The number of amides is 1. The van der Waals surface area contributed by atoms with Crippen molar-refractivity contribution in [1.29, 1.82) is 0 Å². The Labute approximate surface area is 185 Å². The summed E-state index contributed by atoms with van der Waals surface area (Å²) < 4.78 is 6.28. The molecule has 2 aliphatic heterocycles. The van der Waals surface area contributed by atoms with E-state index in [4.69, 9.17) is 5.11 Å². The third-order valence-electron chi connectivity index (χ3n) is 4.38. The van der Waals surface area contributed by atoms with Crippen LogP contribution < -0.4 is 5.32 Å². The van der Waals surface area contributed by atoms with E-state index in [0.29, 0.717) is 5.69 Å². The number of nitrogens with one attached hydrogen (secondary N) is 1. The van der Waals surface area contributed by atoms with Crippen molar-refractivity contribution in [3.63, 3.8) is 0 Å². The van der Waals surface area contributed by atoms with Gasteiger partial charge in [0, 0.05) is 0 Å². The Kier molecular flexibility index (Phi) is 7.92. The zero-order chi connectivity index (χ0) is 20.1. The van der Waals surface area contributed by atoms with Crippen LogP contribution in [0.25, 0.3) is 0 Å². The number of carbonyl (C=O) groups excluding carboxylic acids is 1. The summed E-state index contributed by atoms with van der Waals surface area (Å²) >= 11 is 0.378. The minimum absolute atomic E-state index is 0.00640. The van der Waals surface area contributed by atoms with Crippen LogP contribution in [-0.4, -0.2) is 43.8 Å². The van der Waals surface area contributed by atoms with E-state index in [1.807, 2.05) is 5.55 Å². The summed E-state index contributed by atoms with van der Waals surface area (Å²) in [5.74, 6) is -0.558. The topological polar surface area (TPSA) is 99.0 Å². The second kappa shape index (κ2) is 10.2. The molecule has 3 rings (SSSR count). The van der Waals surface area contributed by atoms with E-state index in [-0.39, 0.29) is 43.9 Å². The van der Waals surface area contributed by atoms with Crippen LogP contribution in [0.3, 0.4) is 0 Å². The number of aliphatic imine (C=N–C) groups is 1. The normalized spacial score (nSPS) is 22.8. The number of carbonyl (C=O) groups is 2. The number of thioether (sulfide) groups is 1. The molecule has 152 valence electrons. The molecule has 6 nitrogen and oxygen atoms in total. The molecule has 0 spiro atoms. The third kappa shape index (κ3) is 5.78. The second-order valence-electron chi connectivity index (χ2n) is 6.37. The Morgan fingerprint density at radius 3 is 2.93 bits per heavy atom. The maximum atomic E-state index is 12.7. The first-order valence-electron chi connectivity index (χ1n) is 8.73. The molecule has 0 aromatic heterocycles. The summed E-state index contributed by atoms with van der Waals surface area (Å²) in [5, 5.41) is 21.6. The van der Waals surface area contributed by atoms with Gasteiger partial charge in [-0.2, -0.15) is 0 Å². The van der Waals surface area contributed by atoms with Crippen molar-refractivity contribution >= 4 is 76.9 Å². The molecule has 3 N–H and O–H groups in total. The van der Waals surface area contributed by atoms with Crippen molar-refractivity contribution in [2.24, 2.45) is 10.9 Å². The van der Waals surface area contributed by atoms with E-state index in [1.165, 1.54) is 28.3 Å². The molecule has 0 bridgehead atoms. The van der Waals surface area contributed by atoms with Gasteiger partial charge in [-0.1, -0.05) is 0 Å². The van der Waals surface area contributed by atoms with Crippen LogP contribution in [0.1, 0.15) is 30.1 Å². The summed E-state index contributed by atoms with van der Waals surface area (Å²) in [6.07, 6.45) is 1.99. The van der Waals surface area contributed by atoms with E-state index < -0.39 is 25.8 Å². The van der Waals surface area contributed by atoms with Gasteiger partial charge in [0.05, 0.1) is 0 Å². The molecule has 28 heavy (non-hydrogen) atoms. The van der Waals surface area contributed by atoms with E-state index in [1.54, 1.807) is 13.3 Å². The Morgan fingerprint density at radius 1 is 1.43 bits per heavy atom. The molecule has 0 aliphatic carbocycles. The quantitative estimate of drug-likeness (QED) is 0.325. The van der Waals surface area contributed by atoms with Crippen LogP contribution in [0.4, 0.5) is 5.69 Å². The van der Waals surface area contributed by atoms with Crippen molar-refractivity contribution < 1.29 is 19.8 Å². The van der Waals surface area contributed by atoms with Gasteiger partial charge in [-0.25, -0.2) is 0 Å². The van der Waals surface area contributed by atoms with Gasteiger partial charge >= 0.3 is 187 Å². The Bertz CT molecular complexity index is 869. The number of hydrogen-bond acceptors (Lipinski definition) is 5. The molecule has 0 radical (unpaired) electrons. The summed E-state index contributed by atoms with van der Waals surface area (Å²) in [4.78, 5) is 28.1. The number of anilines is 1. The van der Waals surface area contributed by atoms with Gasteiger partial charge < -0.3 is 0 Å². The summed E-state index contributed by atoms with van der Waals surface area (Å²) in [7, 11) is 0. The molecule has 2 heterocycles. The van der Waals surface area contributed by atoms with E-state index in [9.17, 15) is 14.7 Å². The minimum atomic E-state index is -1.26. The monoisotopic (exact) mass is 628 g/mol. The number of carboxylic acid groups (broad SMARTS) is 1.